The summed E-state index contributed by atoms with van der Waals surface area (Å²) in [4.78, 5) is 54.6. The van der Waals surface area contributed by atoms with E-state index in [2.05, 4.69) is 0 Å². The van der Waals surface area contributed by atoms with Gasteiger partial charge in [0.05, 0.1) is 11.6 Å². The summed E-state index contributed by atoms with van der Waals surface area (Å²) in [6.45, 7) is 0. The van der Waals surface area contributed by atoms with E-state index in [1.807, 2.05) is 0 Å². The molecule has 2 aromatic carbocycles. The van der Waals surface area contributed by atoms with E-state index in [4.69, 9.17) is 5.73 Å². The molecule has 0 unspecified atom stereocenters. The number of hydrogen-bond donors (Lipinski definition) is 5. The normalized spacial score (nSPS) is 26.5. The molecule has 11 heteroatoms. The largest absolute Gasteiger partial charge is 0.510 e. The van der Waals surface area contributed by atoms with Crippen molar-refractivity contribution in [3.05, 3.63) is 63.6 Å². The van der Waals surface area contributed by atoms with Crippen LogP contribution >= 0.6 is 0 Å². The standard InChI is InChI=1S/C28H29N3O8/c1-30(2)20-16-10-14-8-13-7-11-5-6-12(27(38)31(3)4)9-15(11)21(32)17(13)22(33)18(14)24(35)28(16,39)25(36)19(23(20)34)26(29)37/h5-7,9,14,16,20,32,34-35,39H,8,10H2,1-4H3,(H2,29,37)/t14-,16-,20-,28-/m0/s1. The van der Waals surface area contributed by atoms with Crippen LogP contribution in [0.4, 0.5) is 0 Å². The number of ketones is 2. The Hall–Kier alpha value is -4.22. The zero-order valence-corrected chi connectivity index (χ0v) is 21.8. The van der Waals surface area contributed by atoms with Crippen LogP contribution in [0.3, 0.4) is 0 Å². The minimum Gasteiger partial charge on any atom is -0.510 e. The second-order valence-corrected chi connectivity index (χ2v) is 10.9. The van der Waals surface area contributed by atoms with Crippen molar-refractivity contribution in [3.8, 4) is 5.75 Å². The summed E-state index contributed by atoms with van der Waals surface area (Å²) < 4.78 is 0. The van der Waals surface area contributed by atoms with E-state index < -0.39 is 58.0 Å². The third-order valence-electron chi connectivity index (χ3n) is 8.18. The van der Waals surface area contributed by atoms with Crippen LogP contribution in [0, 0.1) is 11.8 Å². The van der Waals surface area contributed by atoms with E-state index in [0.717, 1.165) is 0 Å². The zero-order chi connectivity index (χ0) is 28.7. The van der Waals surface area contributed by atoms with Gasteiger partial charge in [0.1, 0.15) is 22.8 Å². The molecule has 6 N–H and O–H groups in total. The smallest absolute Gasteiger partial charge is 0.255 e. The van der Waals surface area contributed by atoms with Gasteiger partial charge in [0.15, 0.2) is 11.4 Å². The molecular formula is C28H29N3O8. The second-order valence-electron chi connectivity index (χ2n) is 10.9. The van der Waals surface area contributed by atoms with Crippen molar-refractivity contribution in [2.24, 2.45) is 17.6 Å². The molecule has 0 fully saturated rings. The lowest BCUT2D eigenvalue weighted by molar-refractivity contribution is -0.148. The lowest BCUT2D eigenvalue weighted by atomic mass is 9.58. The predicted molar refractivity (Wildman–Crippen MR) is 139 cm³/mol. The number of likely N-dealkylation sites (N-methyl/N-ethyl adjacent to an activating group) is 1. The maximum atomic E-state index is 13.8. The van der Waals surface area contributed by atoms with E-state index in [0.29, 0.717) is 16.5 Å². The van der Waals surface area contributed by atoms with Crippen molar-refractivity contribution >= 4 is 34.2 Å². The van der Waals surface area contributed by atoms with Crippen LogP contribution in [0.1, 0.15) is 32.7 Å². The summed E-state index contributed by atoms with van der Waals surface area (Å²) in [7, 11) is 6.33. The summed E-state index contributed by atoms with van der Waals surface area (Å²) in [6.07, 6.45) is 0.206. The van der Waals surface area contributed by atoms with Crippen LogP contribution in [0.5, 0.6) is 5.75 Å². The van der Waals surface area contributed by atoms with Crippen molar-refractivity contribution in [2.75, 3.05) is 28.2 Å². The number of aliphatic hydroxyl groups is 3. The Morgan fingerprint density at radius 3 is 2.31 bits per heavy atom. The van der Waals surface area contributed by atoms with Gasteiger partial charge in [0, 0.05) is 36.5 Å². The van der Waals surface area contributed by atoms with E-state index >= 15 is 0 Å². The monoisotopic (exact) mass is 535 g/mol. The van der Waals surface area contributed by atoms with E-state index in [-0.39, 0.29) is 41.0 Å². The molecule has 0 bridgehead atoms. The van der Waals surface area contributed by atoms with E-state index in [1.165, 1.54) is 15.9 Å². The molecule has 0 aliphatic heterocycles. The Balaban J connectivity index is 1.71. The SMILES string of the molecule is CN(C)C(=O)c1ccc2cc3c(c(O)c2c1)C(=O)C1=C(O)[C@]2(O)C(=O)C(C(N)=O)=C(O)[C@@H](N(C)C)[C@@H]2C[C@@H]1C3. The predicted octanol–water partition coefficient (Wildman–Crippen LogP) is 0.976. The number of rotatable bonds is 3. The molecule has 0 radical (unpaired) electrons. The first-order valence-electron chi connectivity index (χ1n) is 12.4. The fraction of sp³-hybridized carbons (Fsp3) is 0.357. The van der Waals surface area contributed by atoms with Crippen molar-refractivity contribution in [1.82, 2.24) is 9.80 Å². The third-order valence-corrected chi connectivity index (χ3v) is 8.18. The molecule has 0 spiro atoms. The lowest BCUT2D eigenvalue weighted by Gasteiger charge is -2.50. The number of primary amides is 1. The number of nitrogens with zero attached hydrogens (tertiary/aromatic N) is 2. The fourth-order valence-corrected chi connectivity index (χ4v) is 6.41. The van der Waals surface area contributed by atoms with Crippen LogP contribution in [-0.2, 0) is 16.0 Å². The Morgan fingerprint density at radius 1 is 1.05 bits per heavy atom. The van der Waals surface area contributed by atoms with Gasteiger partial charge in [-0.05, 0) is 55.9 Å². The van der Waals surface area contributed by atoms with Crippen molar-refractivity contribution in [1.29, 1.82) is 0 Å². The topological polar surface area (TPSA) is 182 Å². The molecular weight excluding hydrogens is 506 g/mol. The molecule has 0 aromatic heterocycles. The molecule has 5 rings (SSSR count). The van der Waals surface area contributed by atoms with Crippen LogP contribution in [0.25, 0.3) is 10.8 Å². The van der Waals surface area contributed by atoms with Gasteiger partial charge in [-0.2, -0.15) is 0 Å². The molecule has 3 aliphatic rings. The number of carbonyl (C=O) groups is 4. The average molecular weight is 536 g/mol. The zero-order valence-electron chi connectivity index (χ0n) is 21.8. The number of fused-ring (bicyclic) bond motifs is 4. The third kappa shape index (κ3) is 3.50. The molecule has 2 aromatic rings. The summed E-state index contributed by atoms with van der Waals surface area (Å²) in [5.74, 6) is -7.28. The quantitative estimate of drug-likeness (QED) is 0.358. The summed E-state index contributed by atoms with van der Waals surface area (Å²) in [6, 6.07) is 5.46. The van der Waals surface area contributed by atoms with Gasteiger partial charge in [0.25, 0.3) is 11.8 Å². The minimum atomic E-state index is -2.69. The van der Waals surface area contributed by atoms with Crippen LogP contribution in [-0.4, -0.2) is 93.4 Å². The van der Waals surface area contributed by atoms with Crippen molar-refractivity contribution in [3.63, 3.8) is 0 Å². The number of nitrogens with two attached hydrogens (primary N) is 1. The highest BCUT2D eigenvalue weighted by atomic mass is 16.3. The number of carbonyl (C=O) groups excluding carboxylic acids is 4. The van der Waals surface area contributed by atoms with E-state index in [9.17, 15) is 39.6 Å². The highest BCUT2D eigenvalue weighted by Crippen LogP contribution is 2.52. The second kappa shape index (κ2) is 8.65. The summed E-state index contributed by atoms with van der Waals surface area (Å²) in [5.41, 5.74) is 2.28. The summed E-state index contributed by atoms with van der Waals surface area (Å²) >= 11 is 0. The van der Waals surface area contributed by atoms with Crippen LogP contribution in [0.2, 0.25) is 0 Å². The Morgan fingerprint density at radius 2 is 1.72 bits per heavy atom. The fourth-order valence-electron chi connectivity index (χ4n) is 6.41. The highest BCUT2D eigenvalue weighted by Gasteiger charge is 2.63. The highest BCUT2D eigenvalue weighted by molar-refractivity contribution is 6.25. The van der Waals surface area contributed by atoms with E-state index in [1.54, 1.807) is 46.4 Å². The maximum Gasteiger partial charge on any atom is 0.255 e. The first kappa shape index (κ1) is 26.4. The number of Topliss-reactive ketones (excluding diaryl/α,β-unsaturated/α-hetero) is 2. The number of phenolic OH excluding ortho intramolecular Hbond substituents is 1. The number of allylic oxidation sites excluding steroid dienone is 1. The maximum absolute atomic E-state index is 13.8. The summed E-state index contributed by atoms with van der Waals surface area (Å²) in [5, 5.41) is 45.9. The molecule has 3 aliphatic carbocycles. The lowest BCUT2D eigenvalue weighted by Crippen LogP contribution is -2.63. The van der Waals surface area contributed by atoms with Crippen LogP contribution in [0.15, 0.2) is 46.9 Å². The van der Waals surface area contributed by atoms with Crippen molar-refractivity contribution in [2.45, 2.75) is 24.5 Å². The van der Waals surface area contributed by atoms with Gasteiger partial charge >= 0.3 is 0 Å². The van der Waals surface area contributed by atoms with Gasteiger partial charge in [-0.25, -0.2) is 0 Å². The Labute approximate surface area is 223 Å². The first-order valence-corrected chi connectivity index (χ1v) is 12.4. The number of benzene rings is 2. The van der Waals surface area contributed by atoms with Gasteiger partial charge in [-0.1, -0.05) is 12.1 Å². The van der Waals surface area contributed by atoms with Gasteiger partial charge in [-0.15, -0.1) is 0 Å². The number of aromatic hydroxyl groups is 1. The number of hydrogen-bond acceptors (Lipinski definition) is 9. The number of phenols is 1. The van der Waals surface area contributed by atoms with Gasteiger partial charge in [-0.3, -0.25) is 24.1 Å². The van der Waals surface area contributed by atoms with Crippen molar-refractivity contribution < 1.29 is 39.6 Å². The first-order chi connectivity index (χ1) is 18.2. The Bertz CT molecular complexity index is 1570. The van der Waals surface area contributed by atoms with Gasteiger partial charge < -0.3 is 31.1 Å². The number of aliphatic hydroxyl groups excluding tert-OH is 2. The van der Waals surface area contributed by atoms with Gasteiger partial charge in [0.2, 0.25) is 5.78 Å². The molecule has 2 amide bonds. The number of amides is 2. The molecule has 204 valence electrons. The van der Waals surface area contributed by atoms with Crippen LogP contribution < -0.4 is 5.73 Å². The molecule has 39 heavy (non-hydrogen) atoms. The molecule has 0 heterocycles. The average Bonchev–Trinajstić information content (AvgIpc) is 2.85. The molecule has 4 atom stereocenters. The Kier molecular flexibility index (Phi) is 5.85. The molecule has 11 nitrogen and oxygen atoms in total. The minimum absolute atomic E-state index is 0.0147. The molecule has 0 saturated carbocycles. The molecule has 0 saturated heterocycles.